The maximum atomic E-state index is 11.8. The maximum absolute atomic E-state index is 11.8. The average molecular weight is 257 g/mol. The molecule has 0 atom stereocenters. The number of carbonyl (C=O) groups excluding carboxylic acids is 1. The van der Waals surface area contributed by atoms with Gasteiger partial charge in [-0.3, -0.25) is 9.78 Å². The second-order valence-electron chi connectivity index (χ2n) is 4.00. The van der Waals surface area contributed by atoms with Gasteiger partial charge in [-0.05, 0) is 30.3 Å². The number of nitrogen functional groups attached to an aromatic ring is 1. The first kappa shape index (κ1) is 12.9. The predicted octanol–water partition coefficient (Wildman–Crippen LogP) is 1.85. The Morgan fingerprint density at radius 2 is 2.21 bits per heavy atom. The summed E-state index contributed by atoms with van der Waals surface area (Å²) >= 11 is 0. The van der Waals surface area contributed by atoms with Crippen LogP contribution in [0.4, 0.5) is 11.4 Å². The van der Waals surface area contributed by atoms with Crippen molar-refractivity contribution in [3.8, 4) is 5.75 Å². The quantitative estimate of drug-likeness (QED) is 0.819. The first-order valence-electron chi connectivity index (χ1n) is 5.82. The smallest absolute Gasteiger partial charge is 0.230 e. The van der Waals surface area contributed by atoms with E-state index in [0.717, 1.165) is 5.69 Å². The molecule has 5 nitrogen and oxygen atoms in total. The van der Waals surface area contributed by atoms with E-state index in [1.165, 1.54) is 0 Å². The molecule has 1 aromatic heterocycles. The maximum Gasteiger partial charge on any atom is 0.230 e. The van der Waals surface area contributed by atoms with Crippen LogP contribution in [0.5, 0.6) is 5.75 Å². The Hall–Kier alpha value is -2.56. The summed E-state index contributed by atoms with van der Waals surface area (Å²) in [6.45, 7) is 0. The highest BCUT2D eigenvalue weighted by Gasteiger charge is 2.06. The summed E-state index contributed by atoms with van der Waals surface area (Å²) in [5.41, 5.74) is 7.62. The number of rotatable bonds is 4. The van der Waals surface area contributed by atoms with Gasteiger partial charge in [-0.15, -0.1) is 0 Å². The van der Waals surface area contributed by atoms with Crippen molar-refractivity contribution in [1.82, 2.24) is 4.98 Å². The van der Waals surface area contributed by atoms with E-state index in [2.05, 4.69) is 10.3 Å². The number of nitrogens with zero attached hydrogens (tertiary/aromatic N) is 1. The Labute approximate surface area is 111 Å². The number of nitrogens with two attached hydrogens (primary N) is 1. The number of methoxy groups -OCH3 is 1. The second kappa shape index (κ2) is 5.86. The number of ether oxygens (including phenoxy) is 1. The number of benzene rings is 1. The van der Waals surface area contributed by atoms with Gasteiger partial charge in [-0.1, -0.05) is 6.07 Å². The highest BCUT2D eigenvalue weighted by molar-refractivity contribution is 5.92. The molecule has 0 fully saturated rings. The normalized spacial score (nSPS) is 9.95. The predicted molar refractivity (Wildman–Crippen MR) is 74.0 cm³/mol. The minimum absolute atomic E-state index is 0.136. The van der Waals surface area contributed by atoms with Crippen molar-refractivity contribution in [3.05, 3.63) is 48.3 Å². The van der Waals surface area contributed by atoms with Crippen LogP contribution in [0.1, 0.15) is 5.69 Å². The number of anilines is 2. The second-order valence-corrected chi connectivity index (χ2v) is 4.00. The fourth-order valence-electron chi connectivity index (χ4n) is 1.68. The molecule has 0 aliphatic rings. The molecule has 3 N–H and O–H groups in total. The van der Waals surface area contributed by atoms with Crippen molar-refractivity contribution < 1.29 is 9.53 Å². The zero-order valence-electron chi connectivity index (χ0n) is 10.6. The summed E-state index contributed by atoms with van der Waals surface area (Å²) in [5.74, 6) is 0.450. The van der Waals surface area contributed by atoms with E-state index in [1.807, 2.05) is 18.2 Å². The number of hydrogen-bond acceptors (Lipinski definition) is 4. The van der Waals surface area contributed by atoms with Crippen LogP contribution in [-0.2, 0) is 11.2 Å². The van der Waals surface area contributed by atoms with Gasteiger partial charge < -0.3 is 15.8 Å². The van der Waals surface area contributed by atoms with Crippen LogP contribution in [0.25, 0.3) is 0 Å². The van der Waals surface area contributed by atoms with Gasteiger partial charge in [0.05, 0.1) is 19.2 Å². The van der Waals surface area contributed by atoms with E-state index in [9.17, 15) is 4.79 Å². The molecule has 0 bridgehead atoms. The van der Waals surface area contributed by atoms with Crippen LogP contribution in [-0.4, -0.2) is 18.0 Å². The van der Waals surface area contributed by atoms with E-state index in [4.69, 9.17) is 10.5 Å². The molecule has 2 rings (SSSR count). The minimum atomic E-state index is -0.136. The number of hydrogen-bond donors (Lipinski definition) is 2. The van der Waals surface area contributed by atoms with Crippen LogP contribution >= 0.6 is 0 Å². The van der Waals surface area contributed by atoms with Crippen molar-refractivity contribution >= 4 is 17.3 Å². The Morgan fingerprint density at radius 3 is 2.84 bits per heavy atom. The van der Waals surface area contributed by atoms with E-state index in [-0.39, 0.29) is 12.3 Å². The van der Waals surface area contributed by atoms with Crippen LogP contribution in [0.15, 0.2) is 42.6 Å². The van der Waals surface area contributed by atoms with Gasteiger partial charge in [-0.25, -0.2) is 0 Å². The standard InChI is InChI=1S/C14H15N3O2/c1-19-13-6-5-11(8-12(13)15)17-14(18)9-10-4-2-3-7-16-10/h2-8H,9,15H2,1H3,(H,17,18). The zero-order valence-corrected chi connectivity index (χ0v) is 10.6. The molecule has 0 spiro atoms. The Kier molecular flexibility index (Phi) is 3.97. The molecule has 0 aliphatic carbocycles. The minimum Gasteiger partial charge on any atom is -0.495 e. The number of carbonyl (C=O) groups is 1. The molecule has 0 radical (unpaired) electrons. The molecule has 0 saturated carbocycles. The summed E-state index contributed by atoms with van der Waals surface area (Å²) in [7, 11) is 1.55. The van der Waals surface area contributed by atoms with E-state index >= 15 is 0 Å². The molecule has 19 heavy (non-hydrogen) atoms. The molecular formula is C14H15N3O2. The number of pyridine rings is 1. The lowest BCUT2D eigenvalue weighted by Gasteiger charge is -2.08. The van der Waals surface area contributed by atoms with Gasteiger partial charge in [0.1, 0.15) is 5.75 Å². The Bertz CT molecular complexity index is 570. The summed E-state index contributed by atoms with van der Waals surface area (Å²) in [4.78, 5) is 15.9. The average Bonchev–Trinajstić information content (AvgIpc) is 2.40. The number of aromatic nitrogens is 1. The third kappa shape index (κ3) is 3.45. The molecule has 0 aliphatic heterocycles. The lowest BCUT2D eigenvalue weighted by molar-refractivity contribution is -0.115. The van der Waals surface area contributed by atoms with Gasteiger partial charge in [0.2, 0.25) is 5.91 Å². The first-order valence-corrected chi connectivity index (χ1v) is 5.82. The van der Waals surface area contributed by atoms with E-state index in [1.54, 1.807) is 31.5 Å². The third-order valence-electron chi connectivity index (χ3n) is 2.58. The lowest BCUT2D eigenvalue weighted by Crippen LogP contribution is -2.15. The largest absolute Gasteiger partial charge is 0.495 e. The monoisotopic (exact) mass is 257 g/mol. The highest BCUT2D eigenvalue weighted by Crippen LogP contribution is 2.24. The molecule has 1 aromatic carbocycles. The van der Waals surface area contributed by atoms with Gasteiger partial charge >= 0.3 is 0 Å². The van der Waals surface area contributed by atoms with Crippen LogP contribution in [0.3, 0.4) is 0 Å². The molecule has 2 aromatic rings. The van der Waals surface area contributed by atoms with E-state index < -0.39 is 0 Å². The summed E-state index contributed by atoms with van der Waals surface area (Å²) in [6.07, 6.45) is 1.89. The van der Waals surface area contributed by atoms with Crippen molar-refractivity contribution in [2.75, 3.05) is 18.2 Å². The first-order chi connectivity index (χ1) is 9.19. The van der Waals surface area contributed by atoms with Crippen molar-refractivity contribution in [2.24, 2.45) is 0 Å². The lowest BCUT2D eigenvalue weighted by atomic mass is 10.2. The van der Waals surface area contributed by atoms with Crippen molar-refractivity contribution in [3.63, 3.8) is 0 Å². The van der Waals surface area contributed by atoms with Gasteiger partial charge in [-0.2, -0.15) is 0 Å². The molecule has 1 heterocycles. The fourth-order valence-corrected chi connectivity index (χ4v) is 1.68. The molecule has 1 amide bonds. The molecule has 0 saturated heterocycles. The zero-order chi connectivity index (χ0) is 13.7. The van der Waals surface area contributed by atoms with Crippen molar-refractivity contribution in [2.45, 2.75) is 6.42 Å². The van der Waals surface area contributed by atoms with Gasteiger partial charge in [0.25, 0.3) is 0 Å². The molecule has 5 heteroatoms. The summed E-state index contributed by atoms with van der Waals surface area (Å²) < 4.78 is 5.05. The van der Waals surface area contributed by atoms with Crippen LogP contribution in [0.2, 0.25) is 0 Å². The Morgan fingerprint density at radius 1 is 1.37 bits per heavy atom. The van der Waals surface area contributed by atoms with Crippen LogP contribution in [0, 0.1) is 0 Å². The SMILES string of the molecule is COc1ccc(NC(=O)Cc2ccccn2)cc1N. The Balaban J connectivity index is 2.01. The van der Waals surface area contributed by atoms with Crippen LogP contribution < -0.4 is 15.8 Å². The summed E-state index contributed by atoms with van der Waals surface area (Å²) in [6, 6.07) is 10.6. The highest BCUT2D eigenvalue weighted by atomic mass is 16.5. The molecule has 98 valence electrons. The number of amides is 1. The van der Waals surface area contributed by atoms with Gasteiger partial charge in [0.15, 0.2) is 0 Å². The van der Waals surface area contributed by atoms with Crippen molar-refractivity contribution in [1.29, 1.82) is 0 Å². The summed E-state index contributed by atoms with van der Waals surface area (Å²) in [5, 5.41) is 2.77. The van der Waals surface area contributed by atoms with E-state index in [0.29, 0.717) is 17.1 Å². The molecule has 0 unspecified atom stereocenters. The topological polar surface area (TPSA) is 77.2 Å². The van der Waals surface area contributed by atoms with Gasteiger partial charge in [0, 0.05) is 17.6 Å². The third-order valence-corrected chi connectivity index (χ3v) is 2.58. The fraction of sp³-hybridized carbons (Fsp3) is 0.143. The molecular weight excluding hydrogens is 242 g/mol. The number of nitrogens with one attached hydrogen (secondary N) is 1.